The number of hydrogen-bond donors (Lipinski definition) is 2. The van der Waals surface area contributed by atoms with Gasteiger partial charge in [0.25, 0.3) is 5.91 Å². The minimum atomic E-state index is -0.599. The number of nitrogen functional groups attached to an aromatic ring is 1. The molecule has 0 heterocycles. The Kier molecular flexibility index (Phi) is 4.81. The van der Waals surface area contributed by atoms with Crippen LogP contribution in [-0.2, 0) is 0 Å². The maximum atomic E-state index is 13.4. The lowest BCUT2D eigenvalue weighted by Crippen LogP contribution is -2.29. The van der Waals surface area contributed by atoms with E-state index < -0.39 is 11.7 Å². The molecule has 1 amide bonds. The van der Waals surface area contributed by atoms with Crippen LogP contribution in [-0.4, -0.2) is 5.91 Å². The number of hydrogen-bond acceptors (Lipinski definition) is 2. The highest BCUT2D eigenvalue weighted by Gasteiger charge is 2.17. The minimum Gasteiger partial charge on any atom is -0.396 e. The molecule has 1 unspecified atom stereocenters. The molecule has 1 atom stereocenters. The minimum absolute atomic E-state index is 0.135. The first-order chi connectivity index (χ1) is 10.0. The predicted octanol–water partition coefficient (Wildman–Crippen LogP) is 3.94. The van der Waals surface area contributed by atoms with Crippen molar-refractivity contribution in [1.82, 2.24) is 5.32 Å². The van der Waals surface area contributed by atoms with Gasteiger partial charge in [0.2, 0.25) is 0 Å². The number of carbonyl (C=O) groups excluding carboxylic acids is 1. The molecule has 0 radical (unpaired) electrons. The topological polar surface area (TPSA) is 55.1 Å². The van der Waals surface area contributed by atoms with Gasteiger partial charge in [-0.25, -0.2) is 4.39 Å². The number of halogens is 2. The van der Waals surface area contributed by atoms with E-state index in [0.717, 1.165) is 5.56 Å². The Labute approximate surface area is 127 Å². The van der Waals surface area contributed by atoms with Crippen LogP contribution >= 0.6 is 11.6 Å². The van der Waals surface area contributed by atoms with E-state index in [2.05, 4.69) is 5.32 Å². The number of para-hydroxylation sites is 1. The van der Waals surface area contributed by atoms with Crippen LogP contribution in [0.1, 0.15) is 35.3 Å². The summed E-state index contributed by atoms with van der Waals surface area (Å²) in [5.41, 5.74) is 6.50. The van der Waals surface area contributed by atoms with Crippen LogP contribution in [0.4, 0.5) is 10.1 Å². The van der Waals surface area contributed by atoms with Crippen molar-refractivity contribution >= 4 is 23.2 Å². The van der Waals surface area contributed by atoms with E-state index in [1.54, 1.807) is 12.1 Å². The van der Waals surface area contributed by atoms with Crippen molar-refractivity contribution in [2.45, 2.75) is 19.4 Å². The zero-order valence-corrected chi connectivity index (χ0v) is 12.3. The second kappa shape index (κ2) is 6.59. The number of amides is 1. The maximum absolute atomic E-state index is 13.4. The molecule has 0 aromatic heterocycles. The Bertz CT molecular complexity index is 660. The average Bonchev–Trinajstić information content (AvgIpc) is 2.47. The first kappa shape index (κ1) is 15.3. The van der Waals surface area contributed by atoms with Gasteiger partial charge in [0.1, 0.15) is 5.82 Å². The van der Waals surface area contributed by atoms with Gasteiger partial charge in [-0.3, -0.25) is 4.79 Å². The van der Waals surface area contributed by atoms with Gasteiger partial charge in [0.05, 0.1) is 17.3 Å². The summed E-state index contributed by atoms with van der Waals surface area (Å²) in [7, 11) is 0. The summed E-state index contributed by atoms with van der Waals surface area (Å²) in [6.45, 7) is 1.95. The predicted molar refractivity (Wildman–Crippen MR) is 82.8 cm³/mol. The van der Waals surface area contributed by atoms with Gasteiger partial charge in [-0.05, 0) is 36.2 Å². The van der Waals surface area contributed by atoms with E-state index in [0.29, 0.717) is 11.4 Å². The van der Waals surface area contributed by atoms with Crippen molar-refractivity contribution in [2.24, 2.45) is 0 Å². The lowest BCUT2D eigenvalue weighted by atomic mass is 10.0. The molecule has 21 heavy (non-hydrogen) atoms. The molecule has 3 N–H and O–H groups in total. The molecule has 0 saturated carbocycles. The Morgan fingerprint density at radius 2 is 2.05 bits per heavy atom. The molecule has 2 rings (SSSR count). The van der Waals surface area contributed by atoms with Crippen molar-refractivity contribution in [3.05, 3.63) is 64.4 Å². The fourth-order valence-corrected chi connectivity index (χ4v) is 2.31. The zero-order chi connectivity index (χ0) is 15.4. The van der Waals surface area contributed by atoms with Crippen LogP contribution in [0.15, 0.2) is 42.5 Å². The summed E-state index contributed by atoms with van der Waals surface area (Å²) in [4.78, 5) is 12.3. The Morgan fingerprint density at radius 3 is 2.71 bits per heavy atom. The average molecular weight is 307 g/mol. The van der Waals surface area contributed by atoms with Crippen molar-refractivity contribution in [3.63, 3.8) is 0 Å². The molecule has 0 spiro atoms. The highest BCUT2D eigenvalue weighted by atomic mass is 35.5. The molecule has 0 aliphatic rings. The van der Waals surface area contributed by atoms with Crippen LogP contribution < -0.4 is 11.1 Å². The largest absolute Gasteiger partial charge is 0.396 e. The summed E-state index contributed by atoms with van der Waals surface area (Å²) in [5, 5.41) is 3.45. The second-order valence-corrected chi connectivity index (χ2v) is 5.13. The Hall–Kier alpha value is -2.07. The summed E-state index contributed by atoms with van der Waals surface area (Å²) in [6, 6.07) is 11.2. The molecule has 0 fully saturated rings. The van der Waals surface area contributed by atoms with Gasteiger partial charge in [0, 0.05) is 5.02 Å². The van der Waals surface area contributed by atoms with Crippen LogP contribution in [0.25, 0.3) is 0 Å². The molecular weight excluding hydrogens is 291 g/mol. The number of benzene rings is 2. The van der Waals surface area contributed by atoms with E-state index >= 15 is 0 Å². The molecule has 0 bridgehead atoms. The van der Waals surface area contributed by atoms with E-state index in [-0.39, 0.29) is 17.3 Å². The van der Waals surface area contributed by atoms with E-state index in [1.807, 2.05) is 19.1 Å². The van der Waals surface area contributed by atoms with Gasteiger partial charge in [-0.15, -0.1) is 0 Å². The number of anilines is 1. The molecule has 0 saturated heterocycles. The fourth-order valence-electron chi connectivity index (χ4n) is 2.12. The van der Waals surface area contributed by atoms with E-state index in [4.69, 9.17) is 17.3 Å². The van der Waals surface area contributed by atoms with Gasteiger partial charge >= 0.3 is 0 Å². The van der Waals surface area contributed by atoms with E-state index in [9.17, 15) is 9.18 Å². The molecular formula is C16H16ClFN2O. The van der Waals surface area contributed by atoms with Crippen molar-refractivity contribution in [2.75, 3.05) is 5.73 Å². The molecule has 110 valence electrons. The van der Waals surface area contributed by atoms with Crippen LogP contribution in [0.5, 0.6) is 0 Å². The second-order valence-electron chi connectivity index (χ2n) is 4.69. The van der Waals surface area contributed by atoms with Crippen molar-refractivity contribution in [3.8, 4) is 0 Å². The number of carbonyl (C=O) groups is 1. The SMILES string of the molecule is CCC(NC(=O)c1cccc(F)c1N)c1cccc(Cl)c1. The summed E-state index contributed by atoms with van der Waals surface area (Å²) < 4.78 is 13.4. The van der Waals surface area contributed by atoms with Crippen LogP contribution in [0.2, 0.25) is 5.02 Å². The highest BCUT2D eigenvalue weighted by molar-refractivity contribution is 6.30. The fraction of sp³-hybridized carbons (Fsp3) is 0.188. The Balaban J connectivity index is 2.22. The van der Waals surface area contributed by atoms with Crippen LogP contribution in [0.3, 0.4) is 0 Å². The standard InChI is InChI=1S/C16H16ClFN2O/c1-2-14(10-5-3-6-11(17)9-10)20-16(21)12-7-4-8-13(18)15(12)19/h3-9,14H,2,19H2,1H3,(H,20,21). The molecule has 5 heteroatoms. The number of nitrogens with one attached hydrogen (secondary N) is 1. The van der Waals surface area contributed by atoms with Gasteiger partial charge in [0.15, 0.2) is 0 Å². The third-order valence-corrected chi connectivity index (χ3v) is 3.50. The molecule has 2 aromatic rings. The molecule has 0 aliphatic heterocycles. The lowest BCUT2D eigenvalue weighted by Gasteiger charge is -2.18. The number of nitrogens with two attached hydrogens (primary N) is 1. The van der Waals surface area contributed by atoms with Gasteiger partial charge in [-0.1, -0.05) is 36.7 Å². The maximum Gasteiger partial charge on any atom is 0.253 e. The van der Waals surface area contributed by atoms with Crippen molar-refractivity contribution < 1.29 is 9.18 Å². The van der Waals surface area contributed by atoms with E-state index in [1.165, 1.54) is 18.2 Å². The van der Waals surface area contributed by atoms with Crippen molar-refractivity contribution in [1.29, 1.82) is 0 Å². The quantitative estimate of drug-likeness (QED) is 0.841. The monoisotopic (exact) mass is 306 g/mol. The number of rotatable bonds is 4. The first-order valence-electron chi connectivity index (χ1n) is 6.63. The smallest absolute Gasteiger partial charge is 0.253 e. The molecule has 0 aliphatic carbocycles. The van der Waals surface area contributed by atoms with Gasteiger partial charge < -0.3 is 11.1 Å². The third kappa shape index (κ3) is 3.52. The molecule has 2 aromatic carbocycles. The first-order valence-corrected chi connectivity index (χ1v) is 7.01. The van der Waals surface area contributed by atoms with Gasteiger partial charge in [-0.2, -0.15) is 0 Å². The lowest BCUT2D eigenvalue weighted by molar-refractivity contribution is 0.0936. The highest BCUT2D eigenvalue weighted by Crippen LogP contribution is 2.22. The molecule has 3 nitrogen and oxygen atoms in total. The zero-order valence-electron chi connectivity index (χ0n) is 11.6. The third-order valence-electron chi connectivity index (χ3n) is 3.26. The Morgan fingerprint density at radius 1 is 1.33 bits per heavy atom. The normalized spacial score (nSPS) is 12.0. The van der Waals surface area contributed by atoms with Crippen LogP contribution in [0, 0.1) is 5.82 Å². The summed E-state index contributed by atoms with van der Waals surface area (Å²) in [6.07, 6.45) is 0.682. The summed E-state index contributed by atoms with van der Waals surface area (Å²) in [5.74, 6) is -1.00. The summed E-state index contributed by atoms with van der Waals surface area (Å²) >= 11 is 5.96.